The molecule has 1 aliphatic carbocycles. The Hall–Kier alpha value is -6.66. The van der Waals surface area contributed by atoms with Gasteiger partial charge in [0.1, 0.15) is 23.3 Å². The zero-order chi connectivity index (χ0) is 34.8. The molecule has 10 rings (SSSR count). The fraction of sp³-hybridized carbons (Fsp3) is 0.0870. The zero-order valence-corrected chi connectivity index (χ0v) is 28.7. The molecule has 0 saturated heterocycles. The molecule has 6 nitrogen and oxygen atoms in total. The van der Waals surface area contributed by atoms with Crippen molar-refractivity contribution >= 4 is 77.7 Å². The van der Waals surface area contributed by atoms with Crippen LogP contribution in [0.4, 0.5) is 0 Å². The lowest BCUT2D eigenvalue weighted by molar-refractivity contribution is 0.402. The van der Waals surface area contributed by atoms with Crippen LogP contribution in [0.2, 0.25) is 0 Å². The monoisotopic (exact) mass is 673 g/mol. The van der Waals surface area contributed by atoms with E-state index < -0.39 is 0 Å². The Kier molecular flexibility index (Phi) is 6.96. The van der Waals surface area contributed by atoms with Gasteiger partial charge in [-0.15, -0.1) is 0 Å². The molecule has 250 valence electrons. The first kappa shape index (κ1) is 30.2. The highest BCUT2D eigenvalue weighted by Gasteiger charge is 2.25. The summed E-state index contributed by atoms with van der Waals surface area (Å²) in [5.41, 5.74) is 9.70. The molecular formula is C46H35N5O. The predicted octanol–water partition coefficient (Wildman–Crippen LogP) is 11.5. The van der Waals surface area contributed by atoms with E-state index in [1.807, 2.05) is 0 Å². The number of fused-ring (bicyclic) bond motifs is 10. The van der Waals surface area contributed by atoms with Gasteiger partial charge in [-0.2, -0.15) is 0 Å². The zero-order valence-electron chi connectivity index (χ0n) is 28.7. The molecule has 1 unspecified atom stereocenters. The Balaban J connectivity index is 1.31. The number of furan rings is 1. The fourth-order valence-corrected chi connectivity index (χ4v) is 8.48. The SMILES string of the molecule is CN(Cn1c2ccccc2c2ccc3c4ccccc4n(-c4cccc5oc6cccc(-c7ccccc7)c6c45)c3c21)C(=NC=N)C1C=CC=CC1. The Morgan fingerprint density at radius 1 is 0.731 bits per heavy atom. The van der Waals surface area contributed by atoms with Gasteiger partial charge in [0, 0.05) is 39.9 Å². The summed E-state index contributed by atoms with van der Waals surface area (Å²) >= 11 is 0. The average Bonchev–Trinajstić information content (AvgIpc) is 3.85. The lowest BCUT2D eigenvalue weighted by atomic mass is 9.99. The summed E-state index contributed by atoms with van der Waals surface area (Å²) in [6.07, 6.45) is 10.5. The second kappa shape index (κ2) is 12.0. The van der Waals surface area contributed by atoms with Gasteiger partial charge in [0.15, 0.2) is 0 Å². The second-order valence-electron chi connectivity index (χ2n) is 13.6. The number of aromatic nitrogens is 2. The van der Waals surface area contributed by atoms with Crippen molar-refractivity contribution in [3.8, 4) is 16.8 Å². The third-order valence-electron chi connectivity index (χ3n) is 10.6. The standard InChI is InChI=1S/C46H35N5O/c1-49(46(48-28-47)31-16-6-3-7-17-31)29-50-37-21-10-8-18-33(37)35-26-27-36-34-19-9-11-22-38(34)51(45(36)44(35)50)39-23-13-25-41-43(39)42-32(20-12-24-40(42)52-41)30-14-4-2-5-15-30/h2-16,18-28,31,47H,17,29H2,1H3. The molecule has 0 aliphatic heterocycles. The van der Waals surface area contributed by atoms with Crippen molar-refractivity contribution in [2.24, 2.45) is 10.9 Å². The highest BCUT2D eigenvalue weighted by Crippen LogP contribution is 2.44. The predicted molar refractivity (Wildman–Crippen MR) is 217 cm³/mol. The van der Waals surface area contributed by atoms with E-state index in [0.29, 0.717) is 6.67 Å². The minimum Gasteiger partial charge on any atom is -0.456 e. The van der Waals surface area contributed by atoms with Crippen molar-refractivity contribution < 1.29 is 4.42 Å². The molecule has 1 atom stereocenters. The number of amidine groups is 1. The number of nitrogens with one attached hydrogen (secondary N) is 1. The first-order valence-corrected chi connectivity index (χ1v) is 17.8. The first-order valence-electron chi connectivity index (χ1n) is 17.8. The summed E-state index contributed by atoms with van der Waals surface area (Å²) in [4.78, 5) is 6.81. The maximum Gasteiger partial charge on any atom is 0.137 e. The number of allylic oxidation sites excluding steroid dienone is 3. The molecule has 1 N–H and O–H groups in total. The molecule has 1 aliphatic rings. The fourth-order valence-electron chi connectivity index (χ4n) is 8.48. The summed E-state index contributed by atoms with van der Waals surface area (Å²) in [7, 11) is 2.09. The molecular weight excluding hydrogens is 639 g/mol. The average molecular weight is 674 g/mol. The van der Waals surface area contributed by atoms with E-state index >= 15 is 0 Å². The molecule has 52 heavy (non-hydrogen) atoms. The maximum absolute atomic E-state index is 7.93. The van der Waals surface area contributed by atoms with Crippen molar-refractivity contribution in [1.82, 2.24) is 14.0 Å². The Bertz CT molecular complexity index is 2960. The summed E-state index contributed by atoms with van der Waals surface area (Å²) in [6, 6.07) is 45.4. The number of para-hydroxylation sites is 2. The summed E-state index contributed by atoms with van der Waals surface area (Å²) in [5.74, 6) is 0.972. The normalized spacial score (nSPS) is 14.9. The van der Waals surface area contributed by atoms with Gasteiger partial charge in [0.2, 0.25) is 0 Å². The minimum atomic E-state index is 0.0990. The highest BCUT2D eigenvalue weighted by atomic mass is 16.3. The number of nitrogens with zero attached hydrogens (tertiary/aromatic N) is 4. The molecule has 0 bridgehead atoms. The van der Waals surface area contributed by atoms with Crippen LogP contribution in [0.5, 0.6) is 0 Å². The van der Waals surface area contributed by atoms with E-state index in [9.17, 15) is 0 Å². The third kappa shape index (κ3) is 4.50. The number of aliphatic imine (C=N–C) groups is 1. The van der Waals surface area contributed by atoms with Crippen LogP contribution in [0.25, 0.3) is 82.4 Å². The van der Waals surface area contributed by atoms with Crippen molar-refractivity contribution in [3.63, 3.8) is 0 Å². The van der Waals surface area contributed by atoms with E-state index in [2.05, 4.69) is 178 Å². The second-order valence-corrected chi connectivity index (χ2v) is 13.6. The van der Waals surface area contributed by atoms with Gasteiger partial charge in [0.05, 0.1) is 39.8 Å². The van der Waals surface area contributed by atoms with Crippen LogP contribution in [0.3, 0.4) is 0 Å². The minimum absolute atomic E-state index is 0.0990. The summed E-state index contributed by atoms with van der Waals surface area (Å²) in [6.45, 7) is 0.558. The first-order chi connectivity index (χ1) is 25.7. The van der Waals surface area contributed by atoms with Crippen LogP contribution in [0.15, 0.2) is 161 Å². The maximum atomic E-state index is 7.93. The largest absolute Gasteiger partial charge is 0.456 e. The molecule has 0 spiro atoms. The third-order valence-corrected chi connectivity index (χ3v) is 10.6. The number of hydrogen-bond donors (Lipinski definition) is 1. The van der Waals surface area contributed by atoms with E-state index in [4.69, 9.17) is 9.83 Å². The molecule has 0 saturated carbocycles. The van der Waals surface area contributed by atoms with Crippen molar-refractivity contribution in [3.05, 3.63) is 152 Å². The van der Waals surface area contributed by atoms with Gasteiger partial charge < -0.3 is 18.5 Å². The Morgan fingerprint density at radius 3 is 2.19 bits per heavy atom. The number of rotatable bonds is 6. The molecule has 6 aromatic carbocycles. The summed E-state index contributed by atoms with van der Waals surface area (Å²) in [5, 5.41) is 14.9. The van der Waals surface area contributed by atoms with Gasteiger partial charge in [-0.25, -0.2) is 4.99 Å². The molecule has 3 aromatic heterocycles. The van der Waals surface area contributed by atoms with Crippen LogP contribution in [-0.2, 0) is 6.67 Å². The van der Waals surface area contributed by atoms with Crippen molar-refractivity contribution in [2.75, 3.05) is 7.05 Å². The smallest absolute Gasteiger partial charge is 0.137 e. The summed E-state index contributed by atoms with van der Waals surface area (Å²) < 4.78 is 11.5. The van der Waals surface area contributed by atoms with E-state index in [1.165, 1.54) is 27.9 Å². The highest BCUT2D eigenvalue weighted by molar-refractivity contribution is 6.25. The van der Waals surface area contributed by atoms with Crippen LogP contribution in [-0.4, -0.2) is 33.3 Å². The van der Waals surface area contributed by atoms with E-state index in [0.717, 1.165) is 73.1 Å². The molecule has 6 heteroatoms. The van der Waals surface area contributed by atoms with Gasteiger partial charge in [-0.3, -0.25) is 5.41 Å². The molecule has 3 heterocycles. The molecule has 0 fully saturated rings. The van der Waals surface area contributed by atoms with Gasteiger partial charge in [0.25, 0.3) is 0 Å². The van der Waals surface area contributed by atoms with Crippen LogP contribution in [0, 0.1) is 11.3 Å². The lowest BCUT2D eigenvalue weighted by Gasteiger charge is -2.27. The van der Waals surface area contributed by atoms with Crippen LogP contribution in [0.1, 0.15) is 6.42 Å². The van der Waals surface area contributed by atoms with Gasteiger partial charge in [-0.1, -0.05) is 121 Å². The Morgan fingerprint density at radius 2 is 1.42 bits per heavy atom. The topological polar surface area (TPSA) is 62.5 Å². The van der Waals surface area contributed by atoms with E-state index in [-0.39, 0.29) is 5.92 Å². The Labute approximate surface area is 300 Å². The van der Waals surface area contributed by atoms with Crippen LogP contribution < -0.4 is 0 Å². The van der Waals surface area contributed by atoms with Crippen LogP contribution >= 0.6 is 0 Å². The lowest BCUT2D eigenvalue weighted by Crippen LogP contribution is -2.34. The van der Waals surface area contributed by atoms with Gasteiger partial charge in [-0.05, 0) is 47.9 Å². The number of benzene rings is 6. The molecule has 9 aromatic rings. The van der Waals surface area contributed by atoms with Gasteiger partial charge >= 0.3 is 0 Å². The number of hydrogen-bond acceptors (Lipinski definition) is 2. The quantitative estimate of drug-likeness (QED) is 0.141. The molecule has 0 amide bonds. The van der Waals surface area contributed by atoms with Crippen molar-refractivity contribution in [1.29, 1.82) is 5.41 Å². The van der Waals surface area contributed by atoms with Crippen molar-refractivity contribution in [2.45, 2.75) is 13.1 Å². The molecule has 0 radical (unpaired) electrons. The van der Waals surface area contributed by atoms with E-state index in [1.54, 1.807) is 0 Å².